The average Bonchev–Trinajstić information content (AvgIpc) is 3.05. The number of amides is 2. The number of fused-ring (bicyclic) bond motifs is 1. The van der Waals surface area contributed by atoms with Gasteiger partial charge in [0, 0.05) is 42.0 Å². The molecule has 17 heteroatoms. The molecule has 1 atom stereocenters. The minimum absolute atomic E-state index is 0.0138. The highest BCUT2D eigenvalue weighted by Crippen LogP contribution is 2.38. The molecule has 1 aromatic heterocycles. The van der Waals surface area contributed by atoms with E-state index < -0.39 is 46.1 Å². The first-order chi connectivity index (χ1) is 23.0. The first-order valence-corrected chi connectivity index (χ1v) is 16.1. The van der Waals surface area contributed by atoms with Gasteiger partial charge in [-0.1, -0.05) is 6.92 Å². The topological polar surface area (TPSA) is 188 Å². The first-order valence-electron chi connectivity index (χ1n) is 14.4. The van der Waals surface area contributed by atoms with Crippen molar-refractivity contribution < 1.29 is 50.2 Å². The molecule has 4 aromatic rings. The number of nitrogens with zero attached hydrogens (tertiary/aromatic N) is 1. The largest absolute Gasteiger partial charge is 0.493 e. The van der Waals surface area contributed by atoms with Crippen molar-refractivity contribution in [1.82, 2.24) is 10.3 Å². The summed E-state index contributed by atoms with van der Waals surface area (Å²) in [7, 11) is -1.34. The lowest BCUT2D eigenvalue weighted by molar-refractivity contribution is -0.213. The lowest BCUT2D eigenvalue weighted by Gasteiger charge is -2.34. The Balaban J connectivity index is 1.92. The van der Waals surface area contributed by atoms with Crippen LogP contribution in [0.4, 0.5) is 30.4 Å². The summed E-state index contributed by atoms with van der Waals surface area (Å²) >= 11 is 0. The van der Waals surface area contributed by atoms with Crippen molar-refractivity contribution in [1.29, 1.82) is 0 Å². The van der Waals surface area contributed by atoms with E-state index in [1.807, 2.05) is 0 Å². The highest BCUT2D eigenvalue weighted by molar-refractivity contribution is 7.91. The number of nitrogen functional groups attached to an aromatic ring is 1. The SMILES string of the molecule is CCS(=O)(=O)c1ccc(NC(C)=O)cc1CNC(=O)[C@@](Nc1ccc2c(N)nccc2c1)(OC(=O)C(F)(F)F)c1ccc(OC)c(OC)c1. The molecule has 0 aliphatic carbocycles. The number of nitrogens with two attached hydrogens (primary N) is 1. The van der Waals surface area contributed by atoms with Gasteiger partial charge in [-0.05, 0) is 71.6 Å². The monoisotopic (exact) mass is 703 g/mol. The summed E-state index contributed by atoms with van der Waals surface area (Å²) in [5, 5.41) is 8.55. The van der Waals surface area contributed by atoms with Gasteiger partial charge in [0.1, 0.15) is 5.82 Å². The average molecular weight is 704 g/mol. The number of pyridine rings is 1. The lowest BCUT2D eigenvalue weighted by Crippen LogP contribution is -2.54. The van der Waals surface area contributed by atoms with Crippen LogP contribution < -0.4 is 31.2 Å². The summed E-state index contributed by atoms with van der Waals surface area (Å²) in [6.45, 7) is 2.03. The molecule has 0 unspecified atom stereocenters. The van der Waals surface area contributed by atoms with Crippen LogP contribution in [0, 0.1) is 0 Å². The number of rotatable bonds is 12. The van der Waals surface area contributed by atoms with E-state index in [-0.39, 0.29) is 50.5 Å². The molecular weight excluding hydrogens is 671 g/mol. The van der Waals surface area contributed by atoms with Gasteiger partial charge in [-0.2, -0.15) is 13.2 Å². The predicted molar refractivity (Wildman–Crippen MR) is 173 cm³/mol. The second kappa shape index (κ2) is 14.3. The number of alkyl halides is 3. The Morgan fingerprint density at radius 2 is 1.61 bits per heavy atom. The van der Waals surface area contributed by atoms with E-state index in [9.17, 15) is 36.0 Å². The number of ether oxygens (including phenoxy) is 3. The van der Waals surface area contributed by atoms with E-state index in [1.54, 1.807) is 6.07 Å². The van der Waals surface area contributed by atoms with Gasteiger partial charge in [-0.15, -0.1) is 0 Å². The van der Waals surface area contributed by atoms with Crippen LogP contribution in [0.25, 0.3) is 10.8 Å². The van der Waals surface area contributed by atoms with E-state index in [0.29, 0.717) is 10.8 Å². The summed E-state index contributed by atoms with van der Waals surface area (Å²) in [5.74, 6) is -4.58. The van der Waals surface area contributed by atoms with Crippen LogP contribution in [-0.4, -0.2) is 57.3 Å². The number of hydrogen-bond donors (Lipinski definition) is 4. The van der Waals surface area contributed by atoms with Crippen molar-refractivity contribution in [3.8, 4) is 11.5 Å². The molecule has 1 heterocycles. The van der Waals surface area contributed by atoms with Gasteiger partial charge in [-0.3, -0.25) is 9.59 Å². The molecular formula is C32H32F3N5O8S. The smallest absolute Gasteiger partial charge is 0.491 e. The fraction of sp³-hybridized carbons (Fsp3) is 0.250. The van der Waals surface area contributed by atoms with Gasteiger partial charge in [0.05, 0.1) is 24.9 Å². The second-order valence-electron chi connectivity index (χ2n) is 10.5. The number of benzene rings is 3. The van der Waals surface area contributed by atoms with Crippen molar-refractivity contribution in [2.24, 2.45) is 0 Å². The maximum atomic E-state index is 14.3. The van der Waals surface area contributed by atoms with Crippen LogP contribution >= 0.6 is 0 Å². The van der Waals surface area contributed by atoms with E-state index >= 15 is 0 Å². The first kappa shape index (κ1) is 36.3. The third kappa shape index (κ3) is 7.94. The number of carbonyl (C=O) groups excluding carboxylic acids is 3. The molecule has 0 fully saturated rings. The molecule has 0 bridgehead atoms. The zero-order valence-electron chi connectivity index (χ0n) is 26.6. The van der Waals surface area contributed by atoms with Crippen LogP contribution in [-0.2, 0) is 41.2 Å². The van der Waals surface area contributed by atoms with E-state index in [2.05, 4.69) is 20.9 Å². The molecule has 49 heavy (non-hydrogen) atoms. The number of hydrogen-bond acceptors (Lipinski definition) is 11. The van der Waals surface area contributed by atoms with Crippen molar-refractivity contribution in [3.05, 3.63) is 78.0 Å². The van der Waals surface area contributed by atoms with Crippen LogP contribution in [0.15, 0.2) is 71.8 Å². The van der Waals surface area contributed by atoms with Gasteiger partial charge in [0.15, 0.2) is 21.3 Å². The zero-order chi connectivity index (χ0) is 36.1. The van der Waals surface area contributed by atoms with Crippen molar-refractivity contribution in [3.63, 3.8) is 0 Å². The Morgan fingerprint density at radius 3 is 2.24 bits per heavy atom. The fourth-order valence-corrected chi connectivity index (χ4v) is 6.00. The minimum Gasteiger partial charge on any atom is -0.493 e. The summed E-state index contributed by atoms with van der Waals surface area (Å²) in [4.78, 5) is 42.4. The van der Waals surface area contributed by atoms with Crippen LogP contribution in [0.5, 0.6) is 11.5 Å². The summed E-state index contributed by atoms with van der Waals surface area (Å²) in [6, 6.07) is 13.4. The molecule has 0 saturated heterocycles. The molecule has 0 spiro atoms. The Hall–Kier alpha value is -5.58. The van der Waals surface area contributed by atoms with Crippen LogP contribution in [0.2, 0.25) is 0 Å². The number of anilines is 3. The van der Waals surface area contributed by atoms with Crippen LogP contribution in [0.3, 0.4) is 0 Å². The highest BCUT2D eigenvalue weighted by Gasteiger charge is 2.52. The Morgan fingerprint density at radius 1 is 0.918 bits per heavy atom. The molecule has 4 rings (SSSR count). The van der Waals surface area contributed by atoms with Crippen molar-refractivity contribution in [2.75, 3.05) is 36.3 Å². The minimum atomic E-state index is -5.55. The van der Waals surface area contributed by atoms with Gasteiger partial charge in [0.25, 0.3) is 11.6 Å². The number of sulfone groups is 1. The normalized spacial score (nSPS) is 12.8. The molecule has 0 radical (unpaired) electrons. The summed E-state index contributed by atoms with van der Waals surface area (Å²) in [5.41, 5.74) is 2.84. The molecule has 260 valence electrons. The van der Waals surface area contributed by atoms with Crippen molar-refractivity contribution >= 4 is 55.6 Å². The Bertz CT molecular complexity index is 2020. The van der Waals surface area contributed by atoms with Crippen LogP contribution in [0.1, 0.15) is 25.0 Å². The number of methoxy groups -OCH3 is 2. The number of nitrogens with one attached hydrogen (secondary N) is 3. The lowest BCUT2D eigenvalue weighted by atomic mass is 9.99. The maximum Gasteiger partial charge on any atom is 0.491 e. The zero-order valence-corrected chi connectivity index (χ0v) is 27.4. The fourth-order valence-electron chi connectivity index (χ4n) is 4.88. The molecule has 0 aliphatic heterocycles. The third-order valence-corrected chi connectivity index (χ3v) is 9.07. The van der Waals surface area contributed by atoms with Gasteiger partial charge < -0.3 is 35.9 Å². The highest BCUT2D eigenvalue weighted by atomic mass is 32.2. The maximum absolute atomic E-state index is 14.3. The van der Waals surface area contributed by atoms with Gasteiger partial charge in [-0.25, -0.2) is 18.2 Å². The molecule has 5 N–H and O–H groups in total. The van der Waals surface area contributed by atoms with Crippen molar-refractivity contribution in [2.45, 2.75) is 37.2 Å². The van der Waals surface area contributed by atoms with Gasteiger partial charge in [0.2, 0.25) is 5.91 Å². The molecule has 13 nitrogen and oxygen atoms in total. The van der Waals surface area contributed by atoms with E-state index in [0.717, 1.165) is 6.07 Å². The Labute approximate surface area is 278 Å². The summed E-state index contributed by atoms with van der Waals surface area (Å²) < 4.78 is 83.0. The molecule has 2 amide bonds. The summed E-state index contributed by atoms with van der Waals surface area (Å²) in [6.07, 6.45) is -4.15. The Kier molecular flexibility index (Phi) is 10.6. The number of esters is 1. The second-order valence-corrected chi connectivity index (χ2v) is 12.7. The quantitative estimate of drug-likeness (QED) is 0.122. The van der Waals surface area contributed by atoms with Gasteiger partial charge >= 0.3 is 12.1 Å². The standard InChI is InChI=1S/C32H32F3N5O8S/c1-5-49(44,45)27-11-8-22(39-18(2)41)15-20(27)17-38-29(42)31(48-30(43)32(33,34)35,21-6-10-25(46-3)26(16-21)47-4)40-23-7-9-24-19(14-23)12-13-37-28(24)36/h6-16,40H,5,17H2,1-4H3,(H2,36,37)(H,38,42)(H,39,41)/t31-/m0/s1. The predicted octanol–water partition coefficient (Wildman–Crippen LogP) is 4.27. The number of carbonyl (C=O) groups is 3. The van der Waals surface area contributed by atoms with E-state index in [1.165, 1.54) is 82.8 Å². The number of halogens is 3. The molecule has 0 saturated carbocycles. The third-order valence-electron chi connectivity index (χ3n) is 7.24. The molecule has 3 aromatic carbocycles. The molecule has 0 aliphatic rings. The number of aromatic nitrogens is 1. The van der Waals surface area contributed by atoms with E-state index in [4.69, 9.17) is 19.9 Å².